The molecule has 1 fully saturated rings. The average Bonchev–Trinajstić information content (AvgIpc) is 3.12. The molecule has 0 saturated carbocycles. The predicted octanol–water partition coefficient (Wildman–Crippen LogP) is 3.78. The monoisotopic (exact) mass is 434 g/mol. The van der Waals surface area contributed by atoms with Crippen molar-refractivity contribution in [2.75, 3.05) is 31.7 Å². The SMILES string of the molecule is CN(Cc1cccc(Cl)c1Cl)C(=O)[C@@H]1CC(=O)N(c2ccc3c(c2)OCCO3)C1. The van der Waals surface area contributed by atoms with Crippen LogP contribution in [0.2, 0.25) is 10.0 Å². The van der Waals surface area contributed by atoms with E-state index < -0.39 is 5.92 Å². The maximum atomic E-state index is 12.9. The summed E-state index contributed by atoms with van der Waals surface area (Å²) in [5.74, 6) is 0.670. The molecule has 29 heavy (non-hydrogen) atoms. The number of benzene rings is 2. The van der Waals surface area contributed by atoms with Gasteiger partial charge in [0.2, 0.25) is 11.8 Å². The van der Waals surface area contributed by atoms with Gasteiger partial charge in [0.05, 0.1) is 16.0 Å². The van der Waals surface area contributed by atoms with Crippen molar-refractivity contribution in [1.29, 1.82) is 0 Å². The van der Waals surface area contributed by atoms with E-state index in [2.05, 4.69) is 0 Å². The Labute approximate surface area is 178 Å². The minimum Gasteiger partial charge on any atom is -0.486 e. The summed E-state index contributed by atoms with van der Waals surface area (Å²) < 4.78 is 11.1. The number of ether oxygens (including phenoxy) is 2. The van der Waals surface area contributed by atoms with Crippen molar-refractivity contribution in [3.05, 3.63) is 52.0 Å². The second-order valence-corrected chi connectivity index (χ2v) is 7.93. The van der Waals surface area contributed by atoms with Crippen LogP contribution in [-0.2, 0) is 16.1 Å². The van der Waals surface area contributed by atoms with Gasteiger partial charge in [-0.25, -0.2) is 0 Å². The highest BCUT2D eigenvalue weighted by Crippen LogP contribution is 2.36. The third-order valence-corrected chi connectivity index (χ3v) is 5.99. The lowest BCUT2D eigenvalue weighted by Crippen LogP contribution is -2.34. The molecule has 2 amide bonds. The third kappa shape index (κ3) is 4.00. The zero-order valence-corrected chi connectivity index (χ0v) is 17.4. The van der Waals surface area contributed by atoms with Gasteiger partial charge in [-0.3, -0.25) is 9.59 Å². The van der Waals surface area contributed by atoms with Crippen molar-refractivity contribution < 1.29 is 19.1 Å². The van der Waals surface area contributed by atoms with Crippen LogP contribution in [0.15, 0.2) is 36.4 Å². The summed E-state index contributed by atoms with van der Waals surface area (Å²) in [6.45, 7) is 1.63. The van der Waals surface area contributed by atoms with E-state index in [0.29, 0.717) is 53.5 Å². The number of hydrogen-bond acceptors (Lipinski definition) is 4. The molecule has 0 radical (unpaired) electrons. The third-order valence-electron chi connectivity index (χ3n) is 5.13. The van der Waals surface area contributed by atoms with Crippen LogP contribution in [0.3, 0.4) is 0 Å². The highest BCUT2D eigenvalue weighted by atomic mass is 35.5. The lowest BCUT2D eigenvalue weighted by atomic mass is 10.1. The van der Waals surface area contributed by atoms with Crippen molar-refractivity contribution in [3.63, 3.8) is 0 Å². The first-order chi connectivity index (χ1) is 13.9. The zero-order chi connectivity index (χ0) is 20.5. The van der Waals surface area contributed by atoms with E-state index >= 15 is 0 Å². The van der Waals surface area contributed by atoms with E-state index in [9.17, 15) is 9.59 Å². The Morgan fingerprint density at radius 3 is 2.72 bits per heavy atom. The highest BCUT2D eigenvalue weighted by Gasteiger charge is 2.37. The number of nitrogens with zero attached hydrogens (tertiary/aromatic N) is 2. The van der Waals surface area contributed by atoms with Gasteiger partial charge < -0.3 is 19.3 Å². The van der Waals surface area contributed by atoms with E-state index in [-0.39, 0.29) is 18.2 Å². The molecule has 1 atom stereocenters. The lowest BCUT2D eigenvalue weighted by Gasteiger charge is -2.23. The van der Waals surface area contributed by atoms with Crippen molar-refractivity contribution in [1.82, 2.24) is 4.90 Å². The molecule has 0 aromatic heterocycles. The summed E-state index contributed by atoms with van der Waals surface area (Å²) in [5.41, 5.74) is 1.47. The van der Waals surface area contributed by atoms with Crippen LogP contribution in [0.25, 0.3) is 0 Å². The molecule has 2 aromatic carbocycles. The van der Waals surface area contributed by atoms with Gasteiger partial charge in [-0.15, -0.1) is 0 Å². The van der Waals surface area contributed by atoms with Crippen LogP contribution in [0.1, 0.15) is 12.0 Å². The molecular formula is C21H20Cl2N2O4. The van der Waals surface area contributed by atoms with Crippen molar-refractivity contribution in [3.8, 4) is 11.5 Å². The molecular weight excluding hydrogens is 415 g/mol. The molecule has 152 valence electrons. The molecule has 2 heterocycles. The second kappa shape index (κ2) is 8.13. The molecule has 8 heteroatoms. The van der Waals surface area contributed by atoms with Gasteiger partial charge in [-0.2, -0.15) is 0 Å². The maximum Gasteiger partial charge on any atom is 0.228 e. The largest absolute Gasteiger partial charge is 0.486 e. The molecule has 0 bridgehead atoms. The number of halogens is 2. The van der Waals surface area contributed by atoms with Crippen molar-refractivity contribution in [2.45, 2.75) is 13.0 Å². The van der Waals surface area contributed by atoms with Crippen LogP contribution >= 0.6 is 23.2 Å². The van der Waals surface area contributed by atoms with Gasteiger partial charge in [0, 0.05) is 38.3 Å². The Balaban J connectivity index is 1.45. The van der Waals surface area contributed by atoms with E-state index in [1.807, 2.05) is 12.1 Å². The fourth-order valence-electron chi connectivity index (χ4n) is 3.64. The Morgan fingerprint density at radius 2 is 1.93 bits per heavy atom. The van der Waals surface area contributed by atoms with E-state index in [1.165, 1.54) is 0 Å². The summed E-state index contributed by atoms with van der Waals surface area (Å²) in [7, 11) is 1.71. The van der Waals surface area contributed by atoms with Crippen LogP contribution < -0.4 is 14.4 Å². The standard InChI is InChI=1S/C21H20Cl2N2O4/c1-24(11-13-3-2-4-16(22)20(13)23)21(27)14-9-19(26)25(12-14)15-5-6-17-18(10-15)29-8-7-28-17/h2-6,10,14H,7-9,11-12H2,1H3/t14-/m1/s1. The number of rotatable bonds is 4. The van der Waals surface area contributed by atoms with Crippen LogP contribution in [-0.4, -0.2) is 43.5 Å². The Kier molecular flexibility index (Phi) is 5.56. The van der Waals surface area contributed by atoms with Crippen LogP contribution in [0.5, 0.6) is 11.5 Å². The summed E-state index contributed by atoms with van der Waals surface area (Å²) in [4.78, 5) is 28.7. The minimum absolute atomic E-state index is 0.0887. The molecule has 0 unspecified atom stereocenters. The van der Waals surface area contributed by atoms with Gasteiger partial charge in [0.25, 0.3) is 0 Å². The Morgan fingerprint density at radius 1 is 1.17 bits per heavy atom. The first kappa shape index (κ1) is 19.9. The molecule has 0 aliphatic carbocycles. The van der Waals surface area contributed by atoms with Crippen molar-refractivity contribution >= 4 is 40.7 Å². The molecule has 6 nitrogen and oxygen atoms in total. The highest BCUT2D eigenvalue weighted by molar-refractivity contribution is 6.42. The summed E-state index contributed by atoms with van der Waals surface area (Å²) in [6.07, 6.45) is 0.168. The summed E-state index contributed by atoms with van der Waals surface area (Å²) in [5, 5.41) is 0.889. The molecule has 2 aromatic rings. The van der Waals surface area contributed by atoms with E-state index in [4.69, 9.17) is 32.7 Å². The maximum absolute atomic E-state index is 12.9. The molecule has 2 aliphatic rings. The smallest absolute Gasteiger partial charge is 0.228 e. The van der Waals surface area contributed by atoms with Crippen LogP contribution in [0.4, 0.5) is 5.69 Å². The number of fused-ring (bicyclic) bond motifs is 1. The summed E-state index contributed by atoms with van der Waals surface area (Å²) >= 11 is 12.3. The van der Waals surface area contributed by atoms with Crippen LogP contribution in [0, 0.1) is 5.92 Å². The van der Waals surface area contributed by atoms with Gasteiger partial charge in [0.1, 0.15) is 13.2 Å². The van der Waals surface area contributed by atoms with E-state index in [0.717, 1.165) is 5.56 Å². The first-order valence-corrected chi connectivity index (χ1v) is 10.1. The zero-order valence-electron chi connectivity index (χ0n) is 15.9. The van der Waals surface area contributed by atoms with Gasteiger partial charge in [0.15, 0.2) is 11.5 Å². The molecule has 1 saturated heterocycles. The minimum atomic E-state index is -0.418. The quantitative estimate of drug-likeness (QED) is 0.734. The van der Waals surface area contributed by atoms with E-state index in [1.54, 1.807) is 41.1 Å². The fourth-order valence-corrected chi connectivity index (χ4v) is 4.02. The van der Waals surface area contributed by atoms with Gasteiger partial charge in [-0.05, 0) is 23.8 Å². The number of carbonyl (C=O) groups is 2. The second-order valence-electron chi connectivity index (χ2n) is 7.14. The predicted molar refractivity (Wildman–Crippen MR) is 111 cm³/mol. The Bertz CT molecular complexity index is 966. The normalized spacial score (nSPS) is 18.1. The van der Waals surface area contributed by atoms with Crippen molar-refractivity contribution in [2.24, 2.45) is 5.92 Å². The Hall–Kier alpha value is -2.44. The fraction of sp³-hybridized carbons (Fsp3) is 0.333. The number of amides is 2. The number of anilines is 1. The topological polar surface area (TPSA) is 59.1 Å². The van der Waals surface area contributed by atoms with Gasteiger partial charge in [-0.1, -0.05) is 35.3 Å². The lowest BCUT2D eigenvalue weighted by molar-refractivity contribution is -0.135. The molecule has 0 spiro atoms. The number of carbonyl (C=O) groups excluding carboxylic acids is 2. The average molecular weight is 435 g/mol. The van der Waals surface area contributed by atoms with Gasteiger partial charge >= 0.3 is 0 Å². The molecule has 0 N–H and O–H groups in total. The molecule has 2 aliphatic heterocycles. The number of hydrogen-bond donors (Lipinski definition) is 0. The molecule has 4 rings (SSSR count). The summed E-state index contributed by atoms with van der Waals surface area (Å²) in [6, 6.07) is 10.7. The first-order valence-electron chi connectivity index (χ1n) is 9.32.